The molecule has 7 heteroatoms. The number of aliphatic hydroxyl groups excluding tert-OH is 1. The molecule has 1 N–H and O–H groups in total. The van der Waals surface area contributed by atoms with Crippen molar-refractivity contribution in [2.75, 3.05) is 13.7 Å². The van der Waals surface area contributed by atoms with Gasteiger partial charge in [0.25, 0.3) is 0 Å². The number of methoxy groups -OCH3 is 1. The van der Waals surface area contributed by atoms with Gasteiger partial charge >= 0.3 is 12.1 Å². The Labute approximate surface area is 124 Å². The van der Waals surface area contributed by atoms with Gasteiger partial charge in [-0.25, -0.2) is 14.5 Å². The highest BCUT2D eigenvalue weighted by Crippen LogP contribution is 2.35. The molecular formula is C14H23NO6. The Hall–Kier alpha value is -1.63. The van der Waals surface area contributed by atoms with E-state index >= 15 is 0 Å². The molecule has 0 aromatic rings. The van der Waals surface area contributed by atoms with E-state index in [1.54, 1.807) is 27.7 Å². The fourth-order valence-electron chi connectivity index (χ4n) is 2.39. The van der Waals surface area contributed by atoms with Crippen LogP contribution in [-0.2, 0) is 19.1 Å². The number of aliphatic hydroxyl groups is 1. The number of hydrogen-bond donors (Lipinski definition) is 1. The average Bonchev–Trinajstić information content (AvgIpc) is 2.73. The largest absolute Gasteiger partial charge is 0.467 e. The molecule has 7 nitrogen and oxygen atoms in total. The van der Waals surface area contributed by atoms with E-state index in [4.69, 9.17) is 4.74 Å². The average molecular weight is 301 g/mol. The standard InChI is InChI=1S/C14H23NO6/c1-6-21-13(19)15-9(12(18)20-5)7-8(11(15)17)10(16)14(2,3)4/h8-10,16H,6-7H2,1-5H3/t8-,9-,10?/m0/s1. The molecule has 1 aliphatic rings. The first kappa shape index (κ1) is 17.4. The van der Waals surface area contributed by atoms with Crippen LogP contribution in [0.25, 0.3) is 0 Å². The molecule has 0 radical (unpaired) electrons. The number of imide groups is 1. The molecule has 0 bridgehead atoms. The molecule has 1 saturated heterocycles. The van der Waals surface area contributed by atoms with E-state index in [9.17, 15) is 19.5 Å². The van der Waals surface area contributed by atoms with Gasteiger partial charge in [0.15, 0.2) is 0 Å². The van der Waals surface area contributed by atoms with Crippen LogP contribution >= 0.6 is 0 Å². The van der Waals surface area contributed by atoms with Crippen LogP contribution in [0.4, 0.5) is 4.79 Å². The number of carbonyl (C=O) groups is 3. The lowest BCUT2D eigenvalue weighted by atomic mass is 9.80. The maximum absolute atomic E-state index is 12.4. The molecule has 1 unspecified atom stereocenters. The number of likely N-dealkylation sites (tertiary alicyclic amines) is 1. The van der Waals surface area contributed by atoms with Gasteiger partial charge in [0.2, 0.25) is 5.91 Å². The van der Waals surface area contributed by atoms with E-state index in [1.807, 2.05) is 0 Å². The van der Waals surface area contributed by atoms with Gasteiger partial charge < -0.3 is 14.6 Å². The summed E-state index contributed by atoms with van der Waals surface area (Å²) >= 11 is 0. The molecule has 21 heavy (non-hydrogen) atoms. The molecule has 120 valence electrons. The van der Waals surface area contributed by atoms with Crippen LogP contribution in [0.5, 0.6) is 0 Å². The van der Waals surface area contributed by atoms with Crippen molar-refractivity contribution in [2.24, 2.45) is 11.3 Å². The summed E-state index contributed by atoms with van der Waals surface area (Å²) in [6.45, 7) is 7.04. The zero-order chi connectivity index (χ0) is 16.4. The van der Waals surface area contributed by atoms with Crippen LogP contribution in [0, 0.1) is 11.3 Å². The van der Waals surface area contributed by atoms with E-state index < -0.39 is 41.4 Å². The van der Waals surface area contributed by atoms with Gasteiger partial charge in [-0.15, -0.1) is 0 Å². The van der Waals surface area contributed by atoms with E-state index in [0.717, 1.165) is 4.90 Å². The summed E-state index contributed by atoms with van der Waals surface area (Å²) < 4.78 is 9.44. The second-order valence-corrected chi connectivity index (χ2v) is 6.10. The fourth-order valence-corrected chi connectivity index (χ4v) is 2.39. The lowest BCUT2D eigenvalue weighted by Crippen LogP contribution is -2.45. The molecule has 3 atom stereocenters. The van der Waals surface area contributed by atoms with Gasteiger partial charge in [-0.1, -0.05) is 20.8 Å². The van der Waals surface area contributed by atoms with E-state index in [0.29, 0.717) is 0 Å². The van der Waals surface area contributed by atoms with Crippen molar-refractivity contribution in [2.45, 2.75) is 46.3 Å². The Bertz CT molecular complexity index is 428. The highest BCUT2D eigenvalue weighted by atomic mass is 16.6. The summed E-state index contributed by atoms with van der Waals surface area (Å²) in [6.07, 6.45) is -1.83. The summed E-state index contributed by atoms with van der Waals surface area (Å²) in [5.41, 5.74) is -0.550. The summed E-state index contributed by atoms with van der Waals surface area (Å²) in [5.74, 6) is -2.13. The van der Waals surface area contributed by atoms with Crippen molar-refractivity contribution in [1.29, 1.82) is 0 Å². The second-order valence-electron chi connectivity index (χ2n) is 6.10. The first-order valence-electron chi connectivity index (χ1n) is 6.90. The third-order valence-corrected chi connectivity index (χ3v) is 3.55. The number of esters is 1. The van der Waals surface area contributed by atoms with E-state index in [2.05, 4.69) is 4.74 Å². The van der Waals surface area contributed by atoms with E-state index in [-0.39, 0.29) is 13.0 Å². The van der Waals surface area contributed by atoms with Crippen LogP contribution in [0.2, 0.25) is 0 Å². The molecule has 2 amide bonds. The third kappa shape index (κ3) is 3.53. The molecule has 1 heterocycles. The van der Waals surface area contributed by atoms with Crippen LogP contribution in [-0.4, -0.2) is 53.8 Å². The summed E-state index contributed by atoms with van der Waals surface area (Å²) in [7, 11) is 1.18. The van der Waals surface area contributed by atoms with E-state index in [1.165, 1.54) is 7.11 Å². The minimum Gasteiger partial charge on any atom is -0.467 e. The molecular weight excluding hydrogens is 278 g/mol. The first-order valence-corrected chi connectivity index (χ1v) is 6.90. The number of nitrogens with zero attached hydrogens (tertiary/aromatic N) is 1. The predicted molar refractivity (Wildman–Crippen MR) is 73.2 cm³/mol. The lowest BCUT2D eigenvalue weighted by Gasteiger charge is -2.29. The Kier molecular flexibility index (Phi) is 5.33. The van der Waals surface area contributed by atoms with Crippen molar-refractivity contribution in [3.8, 4) is 0 Å². The van der Waals surface area contributed by atoms with Gasteiger partial charge in [0.05, 0.1) is 25.7 Å². The third-order valence-electron chi connectivity index (χ3n) is 3.55. The zero-order valence-electron chi connectivity index (χ0n) is 13.1. The van der Waals surface area contributed by atoms with Gasteiger partial charge in [0, 0.05) is 0 Å². The van der Waals surface area contributed by atoms with Crippen molar-refractivity contribution < 1.29 is 29.0 Å². The summed E-state index contributed by atoms with van der Waals surface area (Å²) in [4.78, 5) is 36.8. The Morgan fingerprint density at radius 1 is 1.43 bits per heavy atom. The topological polar surface area (TPSA) is 93.1 Å². The number of ether oxygens (including phenoxy) is 2. The smallest absolute Gasteiger partial charge is 0.417 e. The molecule has 0 aromatic carbocycles. The molecule has 1 rings (SSSR count). The van der Waals surface area contributed by atoms with Gasteiger partial charge in [0.1, 0.15) is 6.04 Å². The molecule has 0 spiro atoms. The molecule has 0 aromatic heterocycles. The number of hydrogen-bond acceptors (Lipinski definition) is 6. The summed E-state index contributed by atoms with van der Waals surface area (Å²) in [6, 6.07) is -1.05. The first-order chi connectivity index (χ1) is 9.65. The second kappa shape index (κ2) is 6.43. The summed E-state index contributed by atoms with van der Waals surface area (Å²) in [5, 5.41) is 10.3. The van der Waals surface area contributed by atoms with Crippen LogP contribution in [0.3, 0.4) is 0 Å². The highest BCUT2D eigenvalue weighted by Gasteiger charge is 2.52. The monoisotopic (exact) mass is 301 g/mol. The van der Waals surface area contributed by atoms with Crippen LogP contribution in [0.1, 0.15) is 34.1 Å². The quantitative estimate of drug-likeness (QED) is 0.780. The minimum absolute atomic E-state index is 0.0305. The normalized spacial score (nSPS) is 23.9. The molecule has 0 aliphatic carbocycles. The zero-order valence-corrected chi connectivity index (χ0v) is 13.1. The van der Waals surface area contributed by atoms with Gasteiger partial charge in [-0.05, 0) is 18.8 Å². The maximum atomic E-state index is 12.4. The van der Waals surface area contributed by atoms with Crippen molar-refractivity contribution in [1.82, 2.24) is 4.90 Å². The Morgan fingerprint density at radius 3 is 2.43 bits per heavy atom. The number of rotatable bonds is 3. The van der Waals surface area contributed by atoms with Crippen LogP contribution < -0.4 is 0 Å². The van der Waals surface area contributed by atoms with Crippen molar-refractivity contribution in [3.63, 3.8) is 0 Å². The number of amides is 2. The Balaban J connectivity index is 3.07. The van der Waals surface area contributed by atoms with Crippen LogP contribution in [0.15, 0.2) is 0 Å². The minimum atomic E-state index is -1.05. The molecule has 1 fully saturated rings. The molecule has 0 saturated carbocycles. The fraction of sp³-hybridized carbons (Fsp3) is 0.786. The van der Waals surface area contributed by atoms with Crippen molar-refractivity contribution >= 4 is 18.0 Å². The molecule has 1 aliphatic heterocycles. The Morgan fingerprint density at radius 2 is 2.00 bits per heavy atom. The maximum Gasteiger partial charge on any atom is 0.417 e. The van der Waals surface area contributed by atoms with Gasteiger partial charge in [-0.2, -0.15) is 0 Å². The number of carbonyl (C=O) groups excluding carboxylic acids is 3. The highest BCUT2D eigenvalue weighted by molar-refractivity contribution is 6.00. The van der Waals surface area contributed by atoms with Crippen molar-refractivity contribution in [3.05, 3.63) is 0 Å². The SMILES string of the molecule is CCOC(=O)N1C(=O)[C@H](C(O)C(C)(C)C)C[C@H]1C(=O)OC. The van der Waals surface area contributed by atoms with Gasteiger partial charge in [-0.3, -0.25) is 4.79 Å². The lowest BCUT2D eigenvalue weighted by molar-refractivity contribution is -0.148. The predicted octanol–water partition coefficient (Wildman–Crippen LogP) is 0.940.